The molecule has 136 valence electrons. The van der Waals surface area contributed by atoms with Gasteiger partial charge in [-0.3, -0.25) is 9.69 Å². The van der Waals surface area contributed by atoms with Crippen LogP contribution in [0.1, 0.15) is 35.6 Å². The van der Waals surface area contributed by atoms with Crippen LogP contribution >= 0.6 is 11.3 Å². The van der Waals surface area contributed by atoms with Crippen LogP contribution < -0.4 is 5.32 Å². The Hall–Kier alpha value is -1.70. The first kappa shape index (κ1) is 18.1. The van der Waals surface area contributed by atoms with Gasteiger partial charge in [-0.15, -0.1) is 11.3 Å². The average molecular weight is 363 g/mol. The molecule has 1 aliphatic rings. The summed E-state index contributed by atoms with van der Waals surface area (Å²) in [6, 6.07) is 4.03. The molecule has 1 aliphatic heterocycles. The molecule has 3 heterocycles. The van der Waals surface area contributed by atoms with E-state index in [1.165, 1.54) is 0 Å². The predicted molar refractivity (Wildman–Crippen MR) is 96.4 cm³/mol. The van der Waals surface area contributed by atoms with Gasteiger partial charge >= 0.3 is 0 Å². The summed E-state index contributed by atoms with van der Waals surface area (Å²) in [6.45, 7) is 7.29. The molecule has 0 bridgehead atoms. The number of hydrogen-bond acceptors (Lipinski definition) is 6. The van der Waals surface area contributed by atoms with E-state index in [1.807, 2.05) is 24.4 Å². The largest absolute Gasteiger partial charge is 0.465 e. The summed E-state index contributed by atoms with van der Waals surface area (Å²) in [7, 11) is 0. The molecular formula is C18H25N3O3S. The number of nitrogens with one attached hydrogen (secondary N) is 1. The lowest BCUT2D eigenvalue weighted by molar-refractivity contribution is -0.124. The molecular weight excluding hydrogens is 338 g/mol. The molecule has 0 saturated carbocycles. The first-order valence-corrected chi connectivity index (χ1v) is 9.59. The van der Waals surface area contributed by atoms with Gasteiger partial charge in [-0.25, -0.2) is 4.98 Å². The Morgan fingerprint density at radius 2 is 2.36 bits per heavy atom. The summed E-state index contributed by atoms with van der Waals surface area (Å²) in [5.41, 5.74) is 0.929. The van der Waals surface area contributed by atoms with E-state index in [0.717, 1.165) is 35.2 Å². The standard InChI is InChI=1S/C18H25N3O3S/c1-3-18-20-14(12-25-18)9-19-17(22)8-15-11-23-7-6-21(15)10-16-5-4-13(2)24-16/h4-5,12,15H,3,6-11H2,1-2H3,(H,19,22)/t15-/m0/s1. The number of hydrogen-bond donors (Lipinski definition) is 1. The second-order valence-corrected chi connectivity index (χ2v) is 7.22. The molecule has 0 unspecified atom stereocenters. The number of carbonyl (C=O) groups is 1. The molecule has 0 aromatic carbocycles. The molecule has 7 heteroatoms. The molecule has 3 rings (SSSR count). The molecule has 1 fully saturated rings. The van der Waals surface area contributed by atoms with Gasteiger partial charge in [0.2, 0.25) is 5.91 Å². The first-order chi connectivity index (χ1) is 12.1. The SMILES string of the molecule is CCc1nc(CNC(=O)C[C@H]2COCCN2Cc2ccc(C)o2)cs1. The lowest BCUT2D eigenvalue weighted by Gasteiger charge is -2.34. The van der Waals surface area contributed by atoms with Gasteiger partial charge in [-0.05, 0) is 25.5 Å². The van der Waals surface area contributed by atoms with E-state index >= 15 is 0 Å². The Labute approximate surface area is 152 Å². The third-order valence-corrected chi connectivity index (χ3v) is 5.34. The number of rotatable bonds is 7. The number of nitrogens with zero attached hydrogens (tertiary/aromatic N) is 2. The number of aromatic nitrogens is 1. The van der Waals surface area contributed by atoms with Crippen LogP contribution in [0.5, 0.6) is 0 Å². The van der Waals surface area contributed by atoms with Crippen LogP contribution in [-0.2, 0) is 29.0 Å². The minimum absolute atomic E-state index is 0.0298. The van der Waals surface area contributed by atoms with Crippen molar-refractivity contribution in [1.29, 1.82) is 0 Å². The Morgan fingerprint density at radius 3 is 3.08 bits per heavy atom. The van der Waals surface area contributed by atoms with Gasteiger partial charge < -0.3 is 14.5 Å². The topological polar surface area (TPSA) is 67.6 Å². The van der Waals surface area contributed by atoms with Gasteiger partial charge in [-0.2, -0.15) is 0 Å². The molecule has 1 atom stereocenters. The number of amides is 1. The fourth-order valence-electron chi connectivity index (χ4n) is 2.92. The van der Waals surface area contributed by atoms with Gasteiger partial charge in [0, 0.05) is 24.4 Å². The predicted octanol–water partition coefficient (Wildman–Crippen LogP) is 2.51. The van der Waals surface area contributed by atoms with Crippen LogP contribution in [0.25, 0.3) is 0 Å². The van der Waals surface area contributed by atoms with Gasteiger partial charge in [-0.1, -0.05) is 6.92 Å². The Balaban J connectivity index is 1.50. The maximum absolute atomic E-state index is 12.3. The number of morpholine rings is 1. The Morgan fingerprint density at radius 1 is 1.48 bits per heavy atom. The van der Waals surface area contributed by atoms with Crippen molar-refractivity contribution in [2.75, 3.05) is 19.8 Å². The smallest absolute Gasteiger partial charge is 0.221 e. The van der Waals surface area contributed by atoms with Gasteiger partial charge in [0.15, 0.2) is 0 Å². The number of ether oxygens (including phenoxy) is 1. The third kappa shape index (κ3) is 5.14. The number of carbonyl (C=O) groups excluding carboxylic acids is 1. The van der Waals surface area contributed by atoms with Crippen molar-refractivity contribution >= 4 is 17.2 Å². The highest BCUT2D eigenvalue weighted by molar-refractivity contribution is 7.09. The second-order valence-electron chi connectivity index (χ2n) is 6.28. The van der Waals surface area contributed by atoms with Crippen LogP contribution in [0.15, 0.2) is 21.9 Å². The van der Waals surface area contributed by atoms with Crippen molar-refractivity contribution in [3.05, 3.63) is 39.7 Å². The molecule has 25 heavy (non-hydrogen) atoms. The average Bonchev–Trinajstić information content (AvgIpc) is 3.23. The minimum Gasteiger partial charge on any atom is -0.465 e. The molecule has 1 saturated heterocycles. The van der Waals surface area contributed by atoms with Crippen LogP contribution in [0.4, 0.5) is 0 Å². The number of thiazole rings is 1. The van der Waals surface area contributed by atoms with E-state index in [4.69, 9.17) is 9.15 Å². The van der Waals surface area contributed by atoms with Crippen molar-refractivity contribution in [2.24, 2.45) is 0 Å². The third-order valence-electron chi connectivity index (χ3n) is 4.29. The Kier molecular flexibility index (Phi) is 6.23. The molecule has 0 aliphatic carbocycles. The molecule has 6 nitrogen and oxygen atoms in total. The molecule has 1 N–H and O–H groups in total. The summed E-state index contributed by atoms with van der Waals surface area (Å²) in [5.74, 6) is 1.87. The van der Waals surface area contributed by atoms with E-state index in [-0.39, 0.29) is 11.9 Å². The van der Waals surface area contributed by atoms with Crippen molar-refractivity contribution in [2.45, 2.75) is 45.8 Å². The Bertz CT molecular complexity index is 697. The van der Waals surface area contributed by atoms with Gasteiger partial charge in [0.05, 0.1) is 37.0 Å². The molecule has 0 radical (unpaired) electrons. The van der Waals surface area contributed by atoms with Crippen LogP contribution in [0.2, 0.25) is 0 Å². The quantitative estimate of drug-likeness (QED) is 0.819. The van der Waals surface area contributed by atoms with Crippen LogP contribution in [0.3, 0.4) is 0 Å². The van der Waals surface area contributed by atoms with E-state index in [1.54, 1.807) is 11.3 Å². The van der Waals surface area contributed by atoms with Gasteiger partial charge in [0.25, 0.3) is 0 Å². The van der Waals surface area contributed by atoms with E-state index in [2.05, 4.69) is 22.1 Å². The zero-order chi connectivity index (χ0) is 17.6. The lowest BCUT2D eigenvalue weighted by atomic mass is 10.1. The molecule has 0 spiro atoms. The lowest BCUT2D eigenvalue weighted by Crippen LogP contribution is -2.47. The van der Waals surface area contributed by atoms with E-state index in [0.29, 0.717) is 32.7 Å². The van der Waals surface area contributed by atoms with Crippen LogP contribution in [0, 0.1) is 6.92 Å². The first-order valence-electron chi connectivity index (χ1n) is 8.71. The molecule has 2 aromatic rings. The fourth-order valence-corrected chi connectivity index (χ4v) is 3.67. The number of aryl methyl sites for hydroxylation is 2. The van der Waals surface area contributed by atoms with Crippen molar-refractivity contribution in [1.82, 2.24) is 15.2 Å². The highest BCUT2D eigenvalue weighted by atomic mass is 32.1. The number of furan rings is 1. The molecule has 2 aromatic heterocycles. The highest BCUT2D eigenvalue weighted by Gasteiger charge is 2.26. The monoisotopic (exact) mass is 363 g/mol. The maximum Gasteiger partial charge on any atom is 0.221 e. The van der Waals surface area contributed by atoms with Gasteiger partial charge in [0.1, 0.15) is 11.5 Å². The zero-order valence-electron chi connectivity index (χ0n) is 14.8. The van der Waals surface area contributed by atoms with E-state index < -0.39 is 0 Å². The second kappa shape index (κ2) is 8.60. The normalized spacial score (nSPS) is 18.4. The summed E-state index contributed by atoms with van der Waals surface area (Å²) in [4.78, 5) is 19.1. The molecule has 1 amide bonds. The minimum atomic E-state index is 0.0298. The van der Waals surface area contributed by atoms with Crippen molar-refractivity contribution in [3.8, 4) is 0 Å². The zero-order valence-corrected chi connectivity index (χ0v) is 15.6. The maximum atomic E-state index is 12.3. The van der Waals surface area contributed by atoms with Crippen molar-refractivity contribution in [3.63, 3.8) is 0 Å². The summed E-state index contributed by atoms with van der Waals surface area (Å²) in [6.07, 6.45) is 1.35. The van der Waals surface area contributed by atoms with Crippen molar-refractivity contribution < 1.29 is 13.9 Å². The highest BCUT2D eigenvalue weighted by Crippen LogP contribution is 2.17. The van der Waals surface area contributed by atoms with E-state index in [9.17, 15) is 4.79 Å². The fraction of sp³-hybridized carbons (Fsp3) is 0.556. The summed E-state index contributed by atoms with van der Waals surface area (Å²) in [5, 5.41) is 6.08. The summed E-state index contributed by atoms with van der Waals surface area (Å²) >= 11 is 1.64. The van der Waals surface area contributed by atoms with Crippen LogP contribution in [-0.4, -0.2) is 41.6 Å². The summed E-state index contributed by atoms with van der Waals surface area (Å²) < 4.78 is 11.2.